The van der Waals surface area contributed by atoms with Gasteiger partial charge in [0.25, 0.3) is 10.0 Å². The van der Waals surface area contributed by atoms with Gasteiger partial charge in [0.05, 0.1) is 34.8 Å². The van der Waals surface area contributed by atoms with Gasteiger partial charge in [-0.2, -0.15) is 15.1 Å². The Bertz CT molecular complexity index is 1860. The topological polar surface area (TPSA) is 171 Å². The van der Waals surface area contributed by atoms with Crippen molar-refractivity contribution in [2.24, 2.45) is 0 Å². The zero-order valence-corrected chi connectivity index (χ0v) is 22.8. The first kappa shape index (κ1) is 26.1. The highest BCUT2D eigenvalue weighted by molar-refractivity contribution is 7.92. The summed E-state index contributed by atoms with van der Waals surface area (Å²) in [6.45, 7) is 2.09. The van der Waals surface area contributed by atoms with Gasteiger partial charge in [0, 0.05) is 11.4 Å². The number of aromatic amines is 1. The van der Waals surface area contributed by atoms with E-state index in [9.17, 15) is 13.2 Å². The molecule has 1 aliphatic heterocycles. The zero-order valence-electron chi connectivity index (χ0n) is 22.0. The molecule has 12 nitrogen and oxygen atoms in total. The van der Waals surface area contributed by atoms with E-state index in [0.717, 1.165) is 11.1 Å². The molecule has 6 rings (SSSR count). The Kier molecular flexibility index (Phi) is 6.63. The molecule has 41 heavy (non-hydrogen) atoms. The monoisotopic (exact) mass is 569 g/mol. The molecule has 1 aliphatic rings. The number of H-pyrrole nitrogens is 1. The van der Waals surface area contributed by atoms with E-state index in [0.29, 0.717) is 40.3 Å². The Hall–Kier alpha value is -5.17. The third-order valence-electron chi connectivity index (χ3n) is 6.76. The van der Waals surface area contributed by atoms with Gasteiger partial charge in [-0.25, -0.2) is 13.2 Å². The summed E-state index contributed by atoms with van der Waals surface area (Å²) in [6, 6.07) is 20.2. The Morgan fingerprint density at radius 2 is 1.78 bits per heavy atom. The van der Waals surface area contributed by atoms with Crippen LogP contribution in [-0.4, -0.2) is 47.2 Å². The Morgan fingerprint density at radius 3 is 2.59 bits per heavy atom. The molecule has 3 heterocycles. The minimum absolute atomic E-state index is 0.0752. The number of nitrogens with one attached hydrogen (secondary N) is 4. The number of aromatic nitrogens is 4. The minimum atomic E-state index is -3.95. The molecule has 6 N–H and O–H groups in total. The Labute approximate surface area is 236 Å². The lowest BCUT2D eigenvalue weighted by Gasteiger charge is -2.35. The fourth-order valence-corrected chi connectivity index (χ4v) is 6.44. The maximum absolute atomic E-state index is 13.9. The van der Waals surface area contributed by atoms with Crippen molar-refractivity contribution in [2.75, 3.05) is 32.5 Å². The molecule has 0 saturated carbocycles. The van der Waals surface area contributed by atoms with E-state index in [1.54, 1.807) is 30.5 Å². The number of amides is 2. The Morgan fingerprint density at radius 1 is 1.00 bits per heavy atom. The van der Waals surface area contributed by atoms with Crippen LogP contribution in [-0.2, 0) is 16.4 Å². The summed E-state index contributed by atoms with van der Waals surface area (Å²) in [5, 5.41) is 16.3. The molecule has 13 heteroatoms. The first-order valence-electron chi connectivity index (χ1n) is 12.8. The third kappa shape index (κ3) is 5.34. The number of hydrogen-bond acceptors (Lipinski definition) is 8. The highest BCUT2D eigenvalue weighted by Crippen LogP contribution is 2.33. The van der Waals surface area contributed by atoms with Crippen LogP contribution in [0.4, 0.5) is 33.6 Å². The molecular formula is C28H27N9O3S. The molecule has 5 aromatic rings. The second kappa shape index (κ2) is 10.4. The first-order chi connectivity index (χ1) is 19.8. The molecule has 2 aromatic heterocycles. The van der Waals surface area contributed by atoms with Crippen molar-refractivity contribution in [3.05, 3.63) is 90.1 Å². The van der Waals surface area contributed by atoms with Crippen LogP contribution in [0, 0.1) is 6.92 Å². The number of carbonyl (C=O) groups excluding carboxylic acids is 1. The molecule has 0 aliphatic carbocycles. The SMILES string of the molecule is Cc1cccc(NC(=O)Nc2ccc(S(=O)(=O)N3CC(Nc4nc(N)nc5[nH]ncc45)Cc4ccccc43)cc2)c1. The summed E-state index contributed by atoms with van der Waals surface area (Å²) in [7, 11) is -3.95. The van der Waals surface area contributed by atoms with Crippen molar-refractivity contribution in [3.63, 3.8) is 0 Å². The van der Waals surface area contributed by atoms with Crippen LogP contribution in [0.15, 0.2) is 83.9 Å². The second-order valence-electron chi connectivity index (χ2n) is 9.75. The highest BCUT2D eigenvalue weighted by atomic mass is 32.2. The van der Waals surface area contributed by atoms with E-state index >= 15 is 0 Å². The van der Waals surface area contributed by atoms with Gasteiger partial charge in [-0.15, -0.1) is 0 Å². The number of sulfonamides is 1. The minimum Gasteiger partial charge on any atom is -0.368 e. The normalized spacial score (nSPS) is 14.9. The van der Waals surface area contributed by atoms with Crippen molar-refractivity contribution in [1.29, 1.82) is 0 Å². The molecule has 0 saturated heterocycles. The van der Waals surface area contributed by atoms with Gasteiger partial charge in [-0.3, -0.25) is 9.40 Å². The summed E-state index contributed by atoms with van der Waals surface area (Å²) in [5.41, 5.74) is 9.98. The number of urea groups is 1. The maximum atomic E-state index is 13.9. The smallest absolute Gasteiger partial charge is 0.323 e. The van der Waals surface area contributed by atoms with E-state index in [1.165, 1.54) is 16.4 Å². The van der Waals surface area contributed by atoms with Crippen molar-refractivity contribution in [2.45, 2.75) is 24.3 Å². The molecule has 0 fully saturated rings. The van der Waals surface area contributed by atoms with E-state index in [4.69, 9.17) is 5.73 Å². The van der Waals surface area contributed by atoms with Crippen LogP contribution < -0.4 is 26.0 Å². The van der Waals surface area contributed by atoms with Crippen molar-refractivity contribution in [1.82, 2.24) is 20.2 Å². The van der Waals surface area contributed by atoms with Crippen LogP contribution in [0.25, 0.3) is 11.0 Å². The van der Waals surface area contributed by atoms with Gasteiger partial charge in [0.2, 0.25) is 5.95 Å². The lowest BCUT2D eigenvalue weighted by atomic mass is 9.99. The van der Waals surface area contributed by atoms with Crippen LogP contribution in [0.2, 0.25) is 0 Å². The number of anilines is 5. The van der Waals surface area contributed by atoms with Gasteiger partial charge in [-0.1, -0.05) is 30.3 Å². The van der Waals surface area contributed by atoms with E-state index in [-0.39, 0.29) is 23.4 Å². The fraction of sp³-hybridized carbons (Fsp3) is 0.143. The molecule has 1 unspecified atom stereocenters. The van der Waals surface area contributed by atoms with Crippen molar-refractivity contribution >= 4 is 55.9 Å². The number of hydrogen-bond donors (Lipinski definition) is 5. The average Bonchev–Trinajstić information content (AvgIpc) is 3.41. The predicted molar refractivity (Wildman–Crippen MR) is 158 cm³/mol. The van der Waals surface area contributed by atoms with Gasteiger partial charge < -0.3 is 21.7 Å². The molecule has 2 amide bonds. The quantitative estimate of drug-likeness (QED) is 0.203. The summed E-state index contributed by atoms with van der Waals surface area (Å²) >= 11 is 0. The first-order valence-corrected chi connectivity index (χ1v) is 14.3. The van der Waals surface area contributed by atoms with Gasteiger partial charge in [0.15, 0.2) is 5.65 Å². The Balaban J connectivity index is 1.23. The van der Waals surface area contributed by atoms with Crippen LogP contribution in [0.3, 0.4) is 0 Å². The van der Waals surface area contributed by atoms with E-state index in [1.807, 2.05) is 43.3 Å². The summed E-state index contributed by atoms with van der Waals surface area (Å²) in [5.74, 6) is 0.550. The van der Waals surface area contributed by atoms with Crippen LogP contribution >= 0.6 is 0 Å². The summed E-state index contributed by atoms with van der Waals surface area (Å²) < 4.78 is 29.2. The number of para-hydroxylation sites is 1. The lowest BCUT2D eigenvalue weighted by molar-refractivity contribution is 0.262. The molecule has 0 radical (unpaired) electrons. The number of rotatable bonds is 6. The van der Waals surface area contributed by atoms with Gasteiger partial charge in [0.1, 0.15) is 5.82 Å². The number of fused-ring (bicyclic) bond motifs is 2. The lowest BCUT2D eigenvalue weighted by Crippen LogP contribution is -2.45. The number of carbonyl (C=O) groups is 1. The second-order valence-corrected chi connectivity index (χ2v) is 11.6. The van der Waals surface area contributed by atoms with Crippen molar-refractivity contribution in [3.8, 4) is 0 Å². The summed E-state index contributed by atoms with van der Waals surface area (Å²) in [4.78, 5) is 21.0. The summed E-state index contributed by atoms with van der Waals surface area (Å²) in [6.07, 6.45) is 2.17. The molecular weight excluding hydrogens is 542 g/mol. The van der Waals surface area contributed by atoms with Crippen molar-refractivity contribution < 1.29 is 13.2 Å². The largest absolute Gasteiger partial charge is 0.368 e. The molecule has 1 atom stereocenters. The number of nitrogens with two attached hydrogens (primary N) is 1. The van der Waals surface area contributed by atoms with Gasteiger partial charge >= 0.3 is 6.03 Å². The highest BCUT2D eigenvalue weighted by Gasteiger charge is 2.33. The molecule has 208 valence electrons. The van der Waals surface area contributed by atoms with E-state index < -0.39 is 16.1 Å². The van der Waals surface area contributed by atoms with Gasteiger partial charge in [-0.05, 0) is 66.9 Å². The average molecular weight is 570 g/mol. The number of aryl methyl sites for hydroxylation is 1. The zero-order chi connectivity index (χ0) is 28.6. The third-order valence-corrected chi connectivity index (χ3v) is 8.55. The number of nitrogen functional groups attached to an aromatic ring is 1. The molecule has 0 spiro atoms. The predicted octanol–water partition coefficient (Wildman–Crippen LogP) is 4.12. The van der Waals surface area contributed by atoms with E-state index in [2.05, 4.69) is 36.1 Å². The number of benzene rings is 3. The molecule has 0 bridgehead atoms. The number of nitrogens with zero attached hydrogens (tertiary/aromatic N) is 4. The molecule has 3 aromatic carbocycles. The van der Waals surface area contributed by atoms with Crippen LogP contribution in [0.5, 0.6) is 0 Å². The standard InChI is InChI=1S/C28H27N9O3S/c1-17-5-4-7-20(13-17)33-28(38)32-19-9-11-22(12-10-19)41(39,40)37-16-21(14-18-6-2-3-8-24(18)37)31-25-23-15-30-36-26(23)35-27(29)34-25/h2-13,15,21H,14,16H2,1H3,(H2,32,33,38)(H4,29,30,31,34,35,36). The van der Waals surface area contributed by atoms with Crippen LogP contribution in [0.1, 0.15) is 11.1 Å². The fourth-order valence-electron chi connectivity index (χ4n) is 4.89. The maximum Gasteiger partial charge on any atom is 0.323 e.